The first kappa shape index (κ1) is 20.0. The van der Waals surface area contributed by atoms with E-state index in [1.807, 2.05) is 48.5 Å². The normalized spacial score (nSPS) is 20.1. The van der Waals surface area contributed by atoms with Gasteiger partial charge in [-0.3, -0.25) is 14.7 Å². The molecule has 0 radical (unpaired) electrons. The van der Waals surface area contributed by atoms with Crippen LogP contribution in [0.4, 0.5) is 5.82 Å². The Bertz CT molecular complexity index is 1410. The molecular weight excluding hydrogens is 506 g/mol. The number of nitrogens with one attached hydrogen (secondary N) is 2. The molecule has 2 atom stereocenters. The van der Waals surface area contributed by atoms with E-state index in [-0.39, 0.29) is 23.2 Å². The lowest BCUT2D eigenvalue weighted by atomic mass is 9.76. The highest BCUT2D eigenvalue weighted by atomic mass is 79.9. The summed E-state index contributed by atoms with van der Waals surface area (Å²) in [6.07, 6.45) is 1.22. The smallest absolute Gasteiger partial charge is 0.277 e. The summed E-state index contributed by atoms with van der Waals surface area (Å²) in [6.45, 7) is 0. The summed E-state index contributed by atoms with van der Waals surface area (Å²) in [7, 11) is 0. The predicted molar refractivity (Wildman–Crippen MR) is 132 cm³/mol. The molecule has 0 bridgehead atoms. The van der Waals surface area contributed by atoms with Gasteiger partial charge in [0.2, 0.25) is 0 Å². The predicted octanol–water partition coefficient (Wildman–Crippen LogP) is 6.01. The van der Waals surface area contributed by atoms with Crippen molar-refractivity contribution in [3.8, 4) is 5.69 Å². The van der Waals surface area contributed by atoms with Gasteiger partial charge in [0.1, 0.15) is 5.82 Å². The molecule has 4 heterocycles. The molecule has 1 aliphatic heterocycles. The fourth-order valence-electron chi connectivity index (χ4n) is 4.74. The fraction of sp³-hybridized carbons (Fsp3) is 0.167. The number of ketones is 1. The Morgan fingerprint density at radius 3 is 2.53 bits per heavy atom. The fourth-order valence-corrected chi connectivity index (χ4v) is 7.12. The molecule has 1 aromatic carbocycles. The summed E-state index contributed by atoms with van der Waals surface area (Å²) in [5.41, 5.74) is 2.89. The maximum Gasteiger partial charge on any atom is 0.277 e. The number of hydrogen-bond donors (Lipinski definition) is 2. The van der Waals surface area contributed by atoms with E-state index in [0.717, 1.165) is 32.0 Å². The zero-order valence-corrected chi connectivity index (χ0v) is 20.0. The molecule has 32 heavy (non-hydrogen) atoms. The number of hydrogen-bond acceptors (Lipinski definition) is 5. The minimum absolute atomic E-state index is 0.115. The van der Waals surface area contributed by atoms with Gasteiger partial charge in [-0.1, -0.05) is 24.3 Å². The van der Waals surface area contributed by atoms with E-state index in [1.54, 1.807) is 27.4 Å². The molecule has 3 aromatic heterocycles. The number of aromatic nitrogens is 2. The van der Waals surface area contributed by atoms with Gasteiger partial charge in [-0.2, -0.15) is 0 Å². The van der Waals surface area contributed by atoms with Gasteiger partial charge >= 0.3 is 0 Å². The summed E-state index contributed by atoms with van der Waals surface area (Å²) >= 11 is 6.81. The number of para-hydroxylation sites is 1. The third kappa shape index (κ3) is 3.17. The Balaban J connectivity index is 1.52. The van der Waals surface area contributed by atoms with Crippen molar-refractivity contribution in [2.45, 2.75) is 24.7 Å². The van der Waals surface area contributed by atoms with Crippen molar-refractivity contribution in [2.75, 3.05) is 5.32 Å². The first-order valence-corrected chi connectivity index (χ1v) is 12.8. The number of anilines is 1. The van der Waals surface area contributed by atoms with Crippen molar-refractivity contribution >= 4 is 50.2 Å². The van der Waals surface area contributed by atoms with Crippen molar-refractivity contribution in [3.63, 3.8) is 0 Å². The molecule has 0 fully saturated rings. The number of nitrogens with zero attached hydrogens (tertiary/aromatic N) is 1. The van der Waals surface area contributed by atoms with Crippen LogP contribution in [0.1, 0.15) is 40.0 Å². The van der Waals surface area contributed by atoms with Crippen LogP contribution in [0.15, 0.2) is 79.8 Å². The van der Waals surface area contributed by atoms with E-state index in [1.165, 1.54) is 4.88 Å². The Morgan fingerprint density at radius 1 is 0.969 bits per heavy atom. The largest absolute Gasteiger partial charge is 0.343 e. The van der Waals surface area contributed by atoms with Crippen LogP contribution in [0.3, 0.4) is 0 Å². The van der Waals surface area contributed by atoms with Crippen molar-refractivity contribution in [3.05, 3.63) is 101 Å². The van der Waals surface area contributed by atoms with E-state index >= 15 is 0 Å². The van der Waals surface area contributed by atoms with Gasteiger partial charge in [-0.15, -0.1) is 22.7 Å². The van der Waals surface area contributed by atoms with E-state index in [2.05, 4.69) is 37.8 Å². The minimum atomic E-state index is -0.372. The van der Waals surface area contributed by atoms with E-state index in [0.29, 0.717) is 17.8 Å². The number of fused-ring (bicyclic) bond motifs is 1. The summed E-state index contributed by atoms with van der Waals surface area (Å²) in [4.78, 5) is 29.3. The highest BCUT2D eigenvalue weighted by molar-refractivity contribution is 9.11. The Kier molecular flexibility index (Phi) is 4.82. The summed E-state index contributed by atoms with van der Waals surface area (Å²) in [6, 6.07) is 17.6. The molecule has 160 valence electrons. The average Bonchev–Trinajstić information content (AvgIpc) is 3.54. The van der Waals surface area contributed by atoms with Crippen LogP contribution in [0, 0.1) is 0 Å². The third-order valence-corrected chi connectivity index (χ3v) is 8.85. The van der Waals surface area contributed by atoms with E-state index in [4.69, 9.17) is 0 Å². The molecule has 4 aromatic rings. The van der Waals surface area contributed by atoms with Crippen LogP contribution < -0.4 is 10.9 Å². The number of allylic oxidation sites excluding steroid dienone is 2. The molecule has 2 aliphatic rings. The molecule has 0 saturated heterocycles. The van der Waals surface area contributed by atoms with Crippen molar-refractivity contribution in [1.29, 1.82) is 0 Å². The second-order valence-corrected chi connectivity index (χ2v) is 11.5. The topological polar surface area (TPSA) is 66.9 Å². The van der Waals surface area contributed by atoms with Crippen LogP contribution in [-0.2, 0) is 4.79 Å². The van der Waals surface area contributed by atoms with Crippen LogP contribution in [0.5, 0.6) is 0 Å². The number of carbonyl (C=O) groups excluding carboxylic acids is 1. The molecule has 0 amide bonds. The molecule has 2 N–H and O–H groups in total. The van der Waals surface area contributed by atoms with Gasteiger partial charge in [-0.25, -0.2) is 4.68 Å². The summed E-state index contributed by atoms with van der Waals surface area (Å²) in [5.74, 6) is 0.577. The Hall–Kier alpha value is -2.68. The van der Waals surface area contributed by atoms with Gasteiger partial charge in [-0.05, 0) is 58.1 Å². The lowest BCUT2D eigenvalue weighted by Gasteiger charge is -2.33. The Morgan fingerprint density at radius 2 is 1.81 bits per heavy atom. The Labute approximate surface area is 200 Å². The second-order valence-electron chi connectivity index (χ2n) is 8.01. The van der Waals surface area contributed by atoms with E-state index < -0.39 is 0 Å². The number of benzene rings is 1. The third-order valence-electron chi connectivity index (χ3n) is 6.13. The van der Waals surface area contributed by atoms with Crippen molar-refractivity contribution in [1.82, 2.24) is 9.78 Å². The quantitative estimate of drug-likeness (QED) is 0.345. The molecule has 1 aliphatic carbocycles. The number of Topliss-reactive ketones (excluding diaryl/α,β-unsaturated/α-hetero) is 1. The molecule has 8 heteroatoms. The molecule has 0 spiro atoms. The molecule has 5 nitrogen and oxygen atoms in total. The molecule has 0 saturated carbocycles. The first-order chi connectivity index (χ1) is 15.6. The van der Waals surface area contributed by atoms with Gasteiger partial charge in [0, 0.05) is 33.4 Å². The standard InChI is InChI=1S/C24H18BrN3O2S2/c25-19-9-8-18(32-19)21-20-15(11-13(12-16(20)29)17-7-4-10-31-17)26-23-22(21)24(30)28(27-23)14-5-2-1-3-6-14/h1-10,13,21,26-27H,11-12H2/t13-,21?/m0/s1. The number of thiophene rings is 2. The van der Waals surface area contributed by atoms with Crippen LogP contribution in [0.25, 0.3) is 5.69 Å². The minimum Gasteiger partial charge on any atom is -0.343 e. The van der Waals surface area contributed by atoms with Crippen LogP contribution in [-0.4, -0.2) is 15.6 Å². The first-order valence-electron chi connectivity index (χ1n) is 10.3. The van der Waals surface area contributed by atoms with Crippen LogP contribution in [0.2, 0.25) is 0 Å². The van der Waals surface area contributed by atoms with E-state index in [9.17, 15) is 9.59 Å². The van der Waals surface area contributed by atoms with Gasteiger partial charge in [0.25, 0.3) is 5.56 Å². The van der Waals surface area contributed by atoms with Gasteiger partial charge in [0.15, 0.2) is 5.78 Å². The second kappa shape index (κ2) is 7.72. The average molecular weight is 524 g/mol. The zero-order valence-electron chi connectivity index (χ0n) is 16.8. The number of halogens is 1. The zero-order chi connectivity index (χ0) is 21.8. The lowest BCUT2D eigenvalue weighted by Crippen LogP contribution is -2.31. The van der Waals surface area contributed by atoms with Gasteiger partial charge < -0.3 is 5.32 Å². The van der Waals surface area contributed by atoms with Crippen molar-refractivity contribution < 1.29 is 4.79 Å². The highest BCUT2D eigenvalue weighted by Crippen LogP contribution is 2.48. The van der Waals surface area contributed by atoms with Crippen molar-refractivity contribution in [2.24, 2.45) is 0 Å². The molecule has 6 rings (SSSR count). The maximum atomic E-state index is 13.6. The monoisotopic (exact) mass is 523 g/mol. The van der Waals surface area contributed by atoms with Crippen LogP contribution >= 0.6 is 38.6 Å². The number of carbonyl (C=O) groups is 1. The summed E-state index contributed by atoms with van der Waals surface area (Å²) in [5, 5.41) is 8.76. The lowest BCUT2D eigenvalue weighted by molar-refractivity contribution is -0.116. The maximum absolute atomic E-state index is 13.6. The highest BCUT2D eigenvalue weighted by Gasteiger charge is 2.41. The molecular formula is C24H18BrN3O2S2. The number of rotatable bonds is 3. The number of H-pyrrole nitrogens is 1. The SMILES string of the molecule is O=C1C[C@@H](c2cccs2)CC2=C1C(c1ccc(Br)s1)c1c([nH]n(-c3ccccc3)c1=O)N2. The van der Waals surface area contributed by atoms with Gasteiger partial charge in [0.05, 0.1) is 21.0 Å². The molecule has 1 unspecified atom stereocenters. The summed E-state index contributed by atoms with van der Waals surface area (Å²) < 4.78 is 2.54. The number of aromatic amines is 1.